The van der Waals surface area contributed by atoms with E-state index in [0.29, 0.717) is 18.5 Å². The fraction of sp³-hybridized carbons (Fsp3) is 0.562. The van der Waals surface area contributed by atoms with Crippen molar-refractivity contribution < 1.29 is 18.0 Å². The largest absolute Gasteiger partial charge is 0.416 e. The first-order chi connectivity index (χ1) is 10.1. The minimum absolute atomic E-state index is 0.0000817. The van der Waals surface area contributed by atoms with Gasteiger partial charge in [-0.3, -0.25) is 4.79 Å². The molecule has 122 valence electrons. The van der Waals surface area contributed by atoms with Gasteiger partial charge in [-0.05, 0) is 23.1 Å². The van der Waals surface area contributed by atoms with Crippen molar-refractivity contribution in [2.75, 3.05) is 12.3 Å². The van der Waals surface area contributed by atoms with Crippen LogP contribution in [0.5, 0.6) is 0 Å². The summed E-state index contributed by atoms with van der Waals surface area (Å²) in [5, 5.41) is -0.322. The van der Waals surface area contributed by atoms with Gasteiger partial charge < -0.3 is 4.90 Å². The third-order valence-electron chi connectivity index (χ3n) is 3.39. The second-order valence-corrected chi connectivity index (χ2v) is 7.86. The summed E-state index contributed by atoms with van der Waals surface area (Å²) in [4.78, 5) is 14.1. The van der Waals surface area contributed by atoms with Gasteiger partial charge in [0.25, 0.3) is 0 Å². The van der Waals surface area contributed by atoms with E-state index in [2.05, 4.69) is 0 Å². The number of nitrogens with zero attached hydrogens (tertiary/aromatic N) is 1. The summed E-state index contributed by atoms with van der Waals surface area (Å²) >= 11 is 1.51. The van der Waals surface area contributed by atoms with Gasteiger partial charge in [-0.2, -0.15) is 13.2 Å². The average Bonchev–Trinajstić information content (AvgIpc) is 2.85. The number of thioether (sulfide) groups is 1. The molecule has 0 radical (unpaired) electrons. The van der Waals surface area contributed by atoms with Crippen molar-refractivity contribution in [1.29, 1.82) is 0 Å². The lowest BCUT2D eigenvalue weighted by atomic mass is 9.91. The van der Waals surface area contributed by atoms with Crippen LogP contribution in [0.15, 0.2) is 24.3 Å². The van der Waals surface area contributed by atoms with Crippen LogP contribution in [0.2, 0.25) is 0 Å². The summed E-state index contributed by atoms with van der Waals surface area (Å²) in [5.74, 6) is 0.747. The Morgan fingerprint density at radius 2 is 2.00 bits per heavy atom. The summed E-state index contributed by atoms with van der Waals surface area (Å²) in [6.45, 7) is 6.52. The Bertz CT molecular complexity index is 551. The number of hydrogen-bond acceptors (Lipinski definition) is 2. The van der Waals surface area contributed by atoms with Gasteiger partial charge in [0, 0.05) is 18.7 Å². The lowest BCUT2D eigenvalue weighted by Gasteiger charge is -2.28. The van der Waals surface area contributed by atoms with E-state index in [1.165, 1.54) is 17.8 Å². The molecular weight excluding hydrogens is 311 g/mol. The first-order valence-electron chi connectivity index (χ1n) is 7.16. The van der Waals surface area contributed by atoms with Gasteiger partial charge in [-0.15, -0.1) is 11.8 Å². The molecule has 0 aromatic heterocycles. The Morgan fingerprint density at radius 3 is 2.59 bits per heavy atom. The molecule has 0 saturated carbocycles. The number of rotatable bonds is 2. The average molecular weight is 331 g/mol. The molecule has 1 fully saturated rings. The normalized spacial score (nSPS) is 19.5. The molecule has 0 bridgehead atoms. The molecule has 1 amide bonds. The Morgan fingerprint density at radius 1 is 1.32 bits per heavy atom. The van der Waals surface area contributed by atoms with E-state index in [4.69, 9.17) is 0 Å². The molecule has 22 heavy (non-hydrogen) atoms. The van der Waals surface area contributed by atoms with Crippen LogP contribution in [0, 0.1) is 5.41 Å². The van der Waals surface area contributed by atoms with E-state index < -0.39 is 11.7 Å². The van der Waals surface area contributed by atoms with Crippen LogP contribution in [-0.4, -0.2) is 23.1 Å². The van der Waals surface area contributed by atoms with Crippen molar-refractivity contribution in [2.45, 2.75) is 38.7 Å². The van der Waals surface area contributed by atoms with Gasteiger partial charge in [-0.25, -0.2) is 0 Å². The van der Waals surface area contributed by atoms with Crippen LogP contribution in [0.3, 0.4) is 0 Å². The van der Waals surface area contributed by atoms with Crippen LogP contribution in [0.25, 0.3) is 0 Å². The fourth-order valence-electron chi connectivity index (χ4n) is 2.43. The number of carbonyl (C=O) groups excluding carboxylic acids is 1. The van der Waals surface area contributed by atoms with Crippen LogP contribution in [0.4, 0.5) is 13.2 Å². The monoisotopic (exact) mass is 331 g/mol. The predicted octanol–water partition coefficient (Wildman–Crippen LogP) is 4.72. The van der Waals surface area contributed by atoms with Crippen LogP contribution < -0.4 is 0 Å². The predicted molar refractivity (Wildman–Crippen MR) is 82.4 cm³/mol. The summed E-state index contributed by atoms with van der Waals surface area (Å²) in [5.41, 5.74) is -0.261. The molecule has 2 rings (SSSR count). The van der Waals surface area contributed by atoms with Crippen molar-refractivity contribution in [3.8, 4) is 0 Å². The first kappa shape index (κ1) is 17.2. The van der Waals surface area contributed by atoms with Gasteiger partial charge in [0.1, 0.15) is 5.37 Å². The molecule has 0 aliphatic carbocycles. The van der Waals surface area contributed by atoms with Crippen molar-refractivity contribution in [3.05, 3.63) is 35.4 Å². The Labute approximate surface area is 133 Å². The summed E-state index contributed by atoms with van der Waals surface area (Å²) in [7, 11) is 0. The molecule has 0 spiro atoms. The van der Waals surface area contributed by atoms with Gasteiger partial charge in [-0.1, -0.05) is 32.9 Å². The molecule has 0 N–H and O–H groups in total. The smallest absolute Gasteiger partial charge is 0.326 e. The van der Waals surface area contributed by atoms with Gasteiger partial charge >= 0.3 is 6.18 Å². The molecule has 1 aromatic carbocycles. The quantitative estimate of drug-likeness (QED) is 0.782. The topological polar surface area (TPSA) is 20.3 Å². The highest BCUT2D eigenvalue weighted by molar-refractivity contribution is 7.99. The molecule has 1 saturated heterocycles. The number of carbonyl (C=O) groups is 1. The summed E-state index contributed by atoms with van der Waals surface area (Å²) < 4.78 is 38.5. The minimum atomic E-state index is -4.36. The highest BCUT2D eigenvalue weighted by Crippen LogP contribution is 2.41. The van der Waals surface area contributed by atoms with E-state index >= 15 is 0 Å². The molecule has 1 aromatic rings. The fourth-order valence-corrected chi connectivity index (χ4v) is 3.69. The van der Waals surface area contributed by atoms with Crippen LogP contribution >= 0.6 is 11.8 Å². The maximum atomic E-state index is 12.8. The second-order valence-electron chi connectivity index (χ2n) is 6.67. The molecule has 1 atom stereocenters. The maximum Gasteiger partial charge on any atom is 0.416 e. The van der Waals surface area contributed by atoms with Gasteiger partial charge in [0.2, 0.25) is 5.91 Å². The van der Waals surface area contributed by atoms with Crippen molar-refractivity contribution >= 4 is 17.7 Å². The van der Waals surface area contributed by atoms with E-state index in [1.54, 1.807) is 11.0 Å². The van der Waals surface area contributed by atoms with E-state index in [1.807, 2.05) is 20.8 Å². The first-order valence-corrected chi connectivity index (χ1v) is 8.21. The molecule has 1 heterocycles. The lowest BCUT2D eigenvalue weighted by molar-refractivity contribution is -0.137. The van der Waals surface area contributed by atoms with Crippen LogP contribution in [0.1, 0.15) is 43.7 Å². The number of hydrogen-bond donors (Lipinski definition) is 0. The molecular formula is C16H20F3NOS. The zero-order chi connectivity index (χ0) is 16.5. The van der Waals surface area contributed by atoms with Gasteiger partial charge in [0.05, 0.1) is 5.56 Å². The van der Waals surface area contributed by atoms with Gasteiger partial charge in [0.15, 0.2) is 0 Å². The summed E-state index contributed by atoms with van der Waals surface area (Å²) in [6.07, 6.45) is -3.97. The van der Waals surface area contributed by atoms with Crippen molar-refractivity contribution in [3.63, 3.8) is 0 Å². The zero-order valence-corrected chi connectivity index (χ0v) is 13.7. The minimum Gasteiger partial charge on any atom is -0.326 e. The third kappa shape index (κ3) is 4.18. The Hall–Kier alpha value is -1.17. The molecule has 6 heteroatoms. The van der Waals surface area contributed by atoms with Crippen molar-refractivity contribution in [2.24, 2.45) is 5.41 Å². The number of alkyl halides is 3. The molecule has 1 aliphatic rings. The highest BCUT2D eigenvalue weighted by atomic mass is 32.2. The third-order valence-corrected chi connectivity index (χ3v) is 4.65. The van der Waals surface area contributed by atoms with Crippen molar-refractivity contribution in [1.82, 2.24) is 4.90 Å². The number of amides is 1. The molecule has 2 nitrogen and oxygen atoms in total. The van der Waals surface area contributed by atoms with Crippen LogP contribution in [-0.2, 0) is 11.0 Å². The number of benzene rings is 1. The molecule has 0 unspecified atom stereocenters. The second kappa shape index (κ2) is 6.14. The Balaban J connectivity index is 2.22. The van der Waals surface area contributed by atoms with E-state index in [-0.39, 0.29) is 16.7 Å². The Kier molecular flexibility index (Phi) is 4.80. The standard InChI is InChI=1S/C16H20F3NOS/c1-15(2,3)10-13(21)20-7-8-22-14(20)11-5-4-6-12(9-11)16(17,18)19/h4-6,9,14H,7-8,10H2,1-3H3/t14-/m0/s1. The zero-order valence-electron chi connectivity index (χ0n) is 12.9. The molecule has 1 aliphatic heterocycles. The van der Waals surface area contributed by atoms with E-state index in [0.717, 1.165) is 17.9 Å². The SMILES string of the molecule is CC(C)(C)CC(=O)N1CCS[C@H]1c1cccc(C(F)(F)F)c1. The maximum absolute atomic E-state index is 12.8. The number of halogens is 3. The summed E-state index contributed by atoms with van der Waals surface area (Å²) in [6, 6.07) is 5.28. The highest BCUT2D eigenvalue weighted by Gasteiger charge is 2.35. The lowest BCUT2D eigenvalue weighted by Crippen LogP contribution is -2.33. The van der Waals surface area contributed by atoms with E-state index in [9.17, 15) is 18.0 Å².